The number of likely N-dealkylation sites (N-methyl/N-ethyl adjacent to an activating group) is 1. The fraction of sp³-hybridized carbons (Fsp3) is 0.250. The smallest absolute Gasteiger partial charge is 0.227 e. The Balaban J connectivity index is 1.76. The molecule has 0 aliphatic rings. The lowest BCUT2D eigenvalue weighted by atomic mass is 10.1. The minimum absolute atomic E-state index is 0.0719. The molecule has 0 radical (unpaired) electrons. The Morgan fingerprint density at radius 1 is 1.12 bits per heavy atom. The highest BCUT2D eigenvalue weighted by molar-refractivity contribution is 5.79. The second kappa shape index (κ2) is 7.30. The van der Waals surface area contributed by atoms with Crippen LogP contribution in [-0.2, 0) is 17.8 Å². The molecule has 0 saturated heterocycles. The fourth-order valence-electron chi connectivity index (χ4n) is 2.89. The standard InChI is InChI=1S/C20H22N4O/c1-15-19(16(2)24(22-15)18-9-5-4-6-10-18)12-20(25)23(3)14-17-8-7-11-21-13-17/h4-11,13H,12,14H2,1-3H3. The van der Waals surface area contributed by atoms with Crippen molar-refractivity contribution in [3.8, 4) is 5.69 Å². The quantitative estimate of drug-likeness (QED) is 0.720. The van der Waals surface area contributed by atoms with Gasteiger partial charge in [0, 0.05) is 37.2 Å². The average Bonchev–Trinajstić information content (AvgIpc) is 2.91. The molecule has 0 saturated carbocycles. The van der Waals surface area contributed by atoms with Gasteiger partial charge in [-0.15, -0.1) is 0 Å². The maximum absolute atomic E-state index is 12.6. The van der Waals surface area contributed by atoms with E-state index in [-0.39, 0.29) is 5.91 Å². The highest BCUT2D eigenvalue weighted by Crippen LogP contribution is 2.19. The van der Waals surface area contributed by atoms with E-state index in [0.717, 1.165) is 28.2 Å². The molecule has 2 aromatic heterocycles. The van der Waals surface area contributed by atoms with E-state index in [1.165, 1.54) is 0 Å². The fourth-order valence-corrected chi connectivity index (χ4v) is 2.89. The highest BCUT2D eigenvalue weighted by atomic mass is 16.2. The van der Waals surface area contributed by atoms with E-state index < -0.39 is 0 Å². The first-order valence-corrected chi connectivity index (χ1v) is 8.29. The second-order valence-corrected chi connectivity index (χ2v) is 6.18. The van der Waals surface area contributed by atoms with Crippen LogP contribution in [0.1, 0.15) is 22.5 Å². The van der Waals surface area contributed by atoms with E-state index in [1.54, 1.807) is 17.3 Å². The van der Waals surface area contributed by atoms with E-state index in [9.17, 15) is 4.79 Å². The SMILES string of the molecule is Cc1nn(-c2ccccc2)c(C)c1CC(=O)N(C)Cc1cccnc1. The van der Waals surface area contributed by atoms with Crippen molar-refractivity contribution in [3.63, 3.8) is 0 Å². The van der Waals surface area contributed by atoms with Gasteiger partial charge in [-0.05, 0) is 37.6 Å². The zero-order valence-electron chi connectivity index (χ0n) is 14.8. The van der Waals surface area contributed by atoms with Gasteiger partial charge in [-0.25, -0.2) is 4.68 Å². The molecule has 0 bridgehead atoms. The van der Waals surface area contributed by atoms with Crippen LogP contribution in [0.4, 0.5) is 0 Å². The van der Waals surface area contributed by atoms with Crippen LogP contribution in [0.25, 0.3) is 5.69 Å². The molecule has 25 heavy (non-hydrogen) atoms. The number of carbonyl (C=O) groups excluding carboxylic acids is 1. The number of aromatic nitrogens is 3. The topological polar surface area (TPSA) is 51.0 Å². The van der Waals surface area contributed by atoms with Gasteiger partial charge in [0.2, 0.25) is 5.91 Å². The third-order valence-electron chi connectivity index (χ3n) is 4.34. The molecular weight excluding hydrogens is 312 g/mol. The monoisotopic (exact) mass is 334 g/mol. The van der Waals surface area contributed by atoms with Crippen LogP contribution >= 0.6 is 0 Å². The van der Waals surface area contributed by atoms with Gasteiger partial charge in [-0.1, -0.05) is 24.3 Å². The Bertz CT molecular complexity index is 856. The lowest BCUT2D eigenvalue weighted by Crippen LogP contribution is -2.28. The predicted molar refractivity (Wildman–Crippen MR) is 97.5 cm³/mol. The molecule has 1 aromatic carbocycles. The van der Waals surface area contributed by atoms with E-state index in [4.69, 9.17) is 0 Å². The van der Waals surface area contributed by atoms with Gasteiger partial charge in [0.1, 0.15) is 0 Å². The number of amides is 1. The number of para-hydroxylation sites is 1. The number of hydrogen-bond acceptors (Lipinski definition) is 3. The van der Waals surface area contributed by atoms with Gasteiger partial charge < -0.3 is 4.90 Å². The first kappa shape index (κ1) is 16.9. The summed E-state index contributed by atoms with van der Waals surface area (Å²) in [7, 11) is 1.82. The highest BCUT2D eigenvalue weighted by Gasteiger charge is 2.18. The van der Waals surface area contributed by atoms with Crippen molar-refractivity contribution < 1.29 is 4.79 Å². The Morgan fingerprint density at radius 2 is 1.88 bits per heavy atom. The molecule has 3 aromatic rings. The van der Waals surface area contributed by atoms with Gasteiger partial charge in [0.15, 0.2) is 0 Å². The molecule has 128 valence electrons. The van der Waals surface area contributed by atoms with E-state index >= 15 is 0 Å². The van der Waals surface area contributed by atoms with Crippen LogP contribution in [0.3, 0.4) is 0 Å². The van der Waals surface area contributed by atoms with Gasteiger partial charge in [-0.2, -0.15) is 5.10 Å². The summed E-state index contributed by atoms with van der Waals surface area (Å²) >= 11 is 0. The lowest BCUT2D eigenvalue weighted by Gasteiger charge is -2.17. The minimum atomic E-state index is 0.0719. The van der Waals surface area contributed by atoms with E-state index in [2.05, 4.69) is 10.1 Å². The second-order valence-electron chi connectivity index (χ2n) is 6.18. The molecule has 0 unspecified atom stereocenters. The minimum Gasteiger partial charge on any atom is -0.341 e. The number of nitrogens with zero attached hydrogens (tertiary/aromatic N) is 4. The van der Waals surface area contributed by atoms with Crippen molar-refractivity contribution in [2.75, 3.05) is 7.05 Å². The zero-order valence-corrected chi connectivity index (χ0v) is 14.8. The van der Waals surface area contributed by atoms with Crippen molar-refractivity contribution >= 4 is 5.91 Å². The Labute approximate surface area is 147 Å². The van der Waals surface area contributed by atoms with Crippen LogP contribution < -0.4 is 0 Å². The first-order valence-electron chi connectivity index (χ1n) is 8.29. The number of pyridine rings is 1. The van der Waals surface area contributed by atoms with E-state index in [0.29, 0.717) is 13.0 Å². The van der Waals surface area contributed by atoms with Crippen LogP contribution in [0.5, 0.6) is 0 Å². The maximum atomic E-state index is 12.6. The summed E-state index contributed by atoms with van der Waals surface area (Å²) in [6.07, 6.45) is 3.87. The molecule has 3 rings (SSSR count). The van der Waals surface area contributed by atoms with E-state index in [1.807, 2.05) is 68.0 Å². The molecule has 0 aliphatic heterocycles. The molecular formula is C20H22N4O. The number of carbonyl (C=O) groups is 1. The first-order chi connectivity index (χ1) is 12.1. The Morgan fingerprint density at radius 3 is 2.56 bits per heavy atom. The summed E-state index contributed by atoms with van der Waals surface area (Å²) in [4.78, 5) is 18.5. The molecule has 0 atom stereocenters. The third kappa shape index (κ3) is 3.76. The summed E-state index contributed by atoms with van der Waals surface area (Å²) in [5, 5.41) is 4.61. The number of rotatable bonds is 5. The summed E-state index contributed by atoms with van der Waals surface area (Å²) in [6, 6.07) is 13.8. The van der Waals surface area contributed by atoms with Crippen LogP contribution in [0.2, 0.25) is 0 Å². The average molecular weight is 334 g/mol. The lowest BCUT2D eigenvalue weighted by molar-refractivity contribution is -0.129. The van der Waals surface area contributed by atoms with Gasteiger partial charge >= 0.3 is 0 Å². The normalized spacial score (nSPS) is 10.7. The number of hydrogen-bond donors (Lipinski definition) is 0. The summed E-state index contributed by atoms with van der Waals surface area (Å²) in [5.74, 6) is 0.0719. The number of benzene rings is 1. The van der Waals surface area contributed by atoms with Crippen molar-refractivity contribution in [3.05, 3.63) is 77.4 Å². The van der Waals surface area contributed by atoms with Crippen LogP contribution in [-0.4, -0.2) is 32.6 Å². The van der Waals surface area contributed by atoms with Gasteiger partial charge in [0.25, 0.3) is 0 Å². The molecule has 5 heteroatoms. The van der Waals surface area contributed by atoms with Gasteiger partial charge in [0.05, 0.1) is 17.8 Å². The number of aryl methyl sites for hydroxylation is 1. The van der Waals surface area contributed by atoms with Crippen molar-refractivity contribution in [2.24, 2.45) is 0 Å². The largest absolute Gasteiger partial charge is 0.341 e. The van der Waals surface area contributed by atoms with Gasteiger partial charge in [-0.3, -0.25) is 9.78 Å². The molecule has 1 amide bonds. The van der Waals surface area contributed by atoms with Crippen LogP contribution in [0, 0.1) is 13.8 Å². The molecule has 0 aliphatic carbocycles. The zero-order chi connectivity index (χ0) is 17.8. The summed E-state index contributed by atoms with van der Waals surface area (Å²) in [5.41, 5.74) is 4.92. The van der Waals surface area contributed by atoms with Crippen LogP contribution in [0.15, 0.2) is 54.9 Å². The third-order valence-corrected chi connectivity index (χ3v) is 4.34. The molecule has 0 fully saturated rings. The molecule has 0 N–H and O–H groups in total. The Kier molecular flexibility index (Phi) is 4.93. The van der Waals surface area contributed by atoms with Crippen molar-refractivity contribution in [1.29, 1.82) is 0 Å². The van der Waals surface area contributed by atoms with Crippen molar-refractivity contribution in [1.82, 2.24) is 19.7 Å². The maximum Gasteiger partial charge on any atom is 0.227 e. The predicted octanol–water partition coefficient (Wildman–Crippen LogP) is 3.09. The summed E-state index contributed by atoms with van der Waals surface area (Å²) < 4.78 is 1.90. The van der Waals surface area contributed by atoms with Crippen molar-refractivity contribution in [2.45, 2.75) is 26.8 Å². The molecule has 2 heterocycles. The Hall–Kier alpha value is -2.95. The summed E-state index contributed by atoms with van der Waals surface area (Å²) in [6.45, 7) is 4.52. The molecule has 5 nitrogen and oxygen atoms in total. The molecule has 0 spiro atoms.